The maximum Gasteiger partial charge on any atom is 0.223 e. The van der Waals surface area contributed by atoms with E-state index in [1.165, 1.54) is 11.1 Å². The van der Waals surface area contributed by atoms with Crippen molar-refractivity contribution in [3.63, 3.8) is 0 Å². The first kappa shape index (κ1) is 14.4. The van der Waals surface area contributed by atoms with E-state index in [9.17, 15) is 4.79 Å². The van der Waals surface area contributed by atoms with Crippen LogP contribution in [0.4, 0.5) is 0 Å². The summed E-state index contributed by atoms with van der Waals surface area (Å²) in [6.45, 7) is 4.22. The predicted octanol–water partition coefficient (Wildman–Crippen LogP) is 2.69. The van der Waals surface area contributed by atoms with Crippen LogP contribution >= 0.6 is 11.6 Å². The van der Waals surface area contributed by atoms with Crippen molar-refractivity contribution in [1.29, 1.82) is 0 Å². The number of aryl methyl sites for hydroxylation is 1. The van der Waals surface area contributed by atoms with E-state index in [1.54, 1.807) is 7.11 Å². The van der Waals surface area contributed by atoms with E-state index in [4.69, 9.17) is 16.3 Å². The highest BCUT2D eigenvalue weighted by atomic mass is 35.5. The lowest BCUT2D eigenvalue weighted by Crippen LogP contribution is -2.28. The van der Waals surface area contributed by atoms with Gasteiger partial charge in [0.2, 0.25) is 5.91 Å². The number of ether oxygens (including phenoxy) is 1. The summed E-state index contributed by atoms with van der Waals surface area (Å²) in [6.07, 6.45) is 1.59. The average Bonchev–Trinajstić information content (AvgIpc) is 2.71. The van der Waals surface area contributed by atoms with Crippen LogP contribution in [0.1, 0.15) is 17.5 Å². The molecule has 1 aliphatic rings. The molecule has 1 fully saturated rings. The Morgan fingerprint density at radius 1 is 1.47 bits per heavy atom. The molecule has 1 saturated heterocycles. The summed E-state index contributed by atoms with van der Waals surface area (Å²) in [5, 5.41) is 0.769. The Kier molecular flexibility index (Phi) is 4.83. The van der Waals surface area contributed by atoms with Gasteiger partial charge in [0, 0.05) is 31.6 Å². The second kappa shape index (κ2) is 6.40. The van der Waals surface area contributed by atoms with Gasteiger partial charge in [0.15, 0.2) is 0 Å². The topological polar surface area (TPSA) is 29.5 Å². The smallest absolute Gasteiger partial charge is 0.223 e. The number of hydrogen-bond donors (Lipinski definition) is 0. The molecule has 0 bridgehead atoms. The van der Waals surface area contributed by atoms with E-state index in [-0.39, 0.29) is 5.91 Å². The summed E-state index contributed by atoms with van der Waals surface area (Å²) < 4.78 is 5.03. The van der Waals surface area contributed by atoms with Crippen molar-refractivity contribution in [3.05, 3.63) is 34.3 Å². The Bertz CT molecular complexity index is 461. The monoisotopic (exact) mass is 281 g/mol. The van der Waals surface area contributed by atoms with Crippen molar-refractivity contribution in [3.8, 4) is 0 Å². The van der Waals surface area contributed by atoms with Crippen molar-refractivity contribution in [1.82, 2.24) is 4.90 Å². The number of hydrogen-bond acceptors (Lipinski definition) is 2. The van der Waals surface area contributed by atoms with Crippen LogP contribution in [0.2, 0.25) is 5.02 Å². The minimum atomic E-state index is 0.244. The third-order valence-corrected chi connectivity index (χ3v) is 3.91. The molecule has 1 aliphatic heterocycles. The maximum absolute atomic E-state index is 11.9. The molecule has 0 aliphatic carbocycles. The number of methoxy groups -OCH3 is 1. The quantitative estimate of drug-likeness (QED) is 0.830. The molecule has 0 N–H and O–H groups in total. The molecule has 19 heavy (non-hydrogen) atoms. The lowest BCUT2D eigenvalue weighted by atomic mass is 9.95. The SMILES string of the molecule is COCCN1C[C@H](Cc2ccc(Cl)cc2C)CC1=O. The third-order valence-electron chi connectivity index (χ3n) is 3.67. The van der Waals surface area contributed by atoms with Crippen LogP contribution in [-0.2, 0) is 16.0 Å². The largest absolute Gasteiger partial charge is 0.383 e. The fraction of sp³-hybridized carbons (Fsp3) is 0.533. The Labute approximate surface area is 119 Å². The molecular weight excluding hydrogens is 262 g/mol. The number of halogens is 1. The summed E-state index contributed by atoms with van der Waals surface area (Å²) in [5.74, 6) is 0.651. The summed E-state index contributed by atoms with van der Waals surface area (Å²) >= 11 is 5.96. The van der Waals surface area contributed by atoms with Gasteiger partial charge in [0.05, 0.1) is 6.61 Å². The predicted molar refractivity (Wildman–Crippen MR) is 76.5 cm³/mol. The number of carbonyl (C=O) groups excluding carboxylic acids is 1. The van der Waals surface area contributed by atoms with Crippen LogP contribution in [0.3, 0.4) is 0 Å². The van der Waals surface area contributed by atoms with Crippen LogP contribution in [0.15, 0.2) is 18.2 Å². The highest BCUT2D eigenvalue weighted by molar-refractivity contribution is 6.30. The zero-order valence-electron chi connectivity index (χ0n) is 11.5. The van der Waals surface area contributed by atoms with E-state index < -0.39 is 0 Å². The Balaban J connectivity index is 1.95. The van der Waals surface area contributed by atoms with Crippen molar-refractivity contribution in [2.45, 2.75) is 19.8 Å². The standard InChI is InChI=1S/C15H20ClNO2/c1-11-7-14(16)4-3-13(11)8-12-9-15(18)17(10-12)5-6-19-2/h3-4,7,12H,5-6,8-10H2,1-2H3/t12-/m1/s1. The van der Waals surface area contributed by atoms with Crippen LogP contribution in [0.25, 0.3) is 0 Å². The number of likely N-dealkylation sites (tertiary alicyclic amines) is 1. The molecule has 4 heteroatoms. The van der Waals surface area contributed by atoms with Crippen molar-refractivity contribution >= 4 is 17.5 Å². The van der Waals surface area contributed by atoms with Gasteiger partial charge in [-0.2, -0.15) is 0 Å². The highest BCUT2D eigenvalue weighted by Gasteiger charge is 2.29. The van der Waals surface area contributed by atoms with E-state index in [2.05, 4.69) is 13.0 Å². The first-order valence-electron chi connectivity index (χ1n) is 6.62. The molecule has 0 aromatic heterocycles. The normalized spacial score (nSPS) is 19.2. The Hall–Kier alpha value is -1.06. The molecule has 3 nitrogen and oxygen atoms in total. The van der Waals surface area contributed by atoms with Gasteiger partial charge in [-0.15, -0.1) is 0 Å². The van der Waals surface area contributed by atoms with Gasteiger partial charge in [-0.3, -0.25) is 4.79 Å². The molecule has 2 rings (SSSR count). The van der Waals surface area contributed by atoms with Gasteiger partial charge in [-0.1, -0.05) is 17.7 Å². The maximum atomic E-state index is 11.9. The molecule has 1 atom stereocenters. The number of amides is 1. The molecule has 104 valence electrons. The van der Waals surface area contributed by atoms with Crippen LogP contribution in [-0.4, -0.2) is 37.6 Å². The molecule has 0 saturated carbocycles. The second-order valence-electron chi connectivity index (χ2n) is 5.18. The highest BCUT2D eigenvalue weighted by Crippen LogP contribution is 2.24. The van der Waals surface area contributed by atoms with Crippen molar-refractivity contribution < 1.29 is 9.53 Å². The Morgan fingerprint density at radius 2 is 2.26 bits per heavy atom. The zero-order chi connectivity index (χ0) is 13.8. The van der Waals surface area contributed by atoms with Crippen molar-refractivity contribution in [2.75, 3.05) is 26.8 Å². The fourth-order valence-electron chi connectivity index (χ4n) is 2.61. The molecule has 0 radical (unpaired) electrons. The first-order valence-corrected chi connectivity index (χ1v) is 6.99. The summed E-state index contributed by atoms with van der Waals surface area (Å²) in [7, 11) is 1.66. The number of carbonyl (C=O) groups is 1. The first-order chi connectivity index (χ1) is 9.10. The van der Waals surface area contributed by atoms with E-state index in [1.807, 2.05) is 17.0 Å². The van der Waals surface area contributed by atoms with E-state index in [0.717, 1.165) is 18.0 Å². The molecule has 1 heterocycles. The van der Waals surface area contributed by atoms with Crippen LogP contribution < -0.4 is 0 Å². The fourth-order valence-corrected chi connectivity index (χ4v) is 2.83. The molecular formula is C15H20ClNO2. The summed E-state index contributed by atoms with van der Waals surface area (Å²) in [5.41, 5.74) is 2.49. The van der Waals surface area contributed by atoms with Gasteiger partial charge in [0.25, 0.3) is 0 Å². The lowest BCUT2D eigenvalue weighted by molar-refractivity contribution is -0.128. The summed E-state index contributed by atoms with van der Waals surface area (Å²) in [4.78, 5) is 13.8. The van der Waals surface area contributed by atoms with E-state index in [0.29, 0.717) is 25.5 Å². The molecule has 1 aromatic carbocycles. The molecule has 1 aromatic rings. The van der Waals surface area contributed by atoms with Gasteiger partial charge in [0.1, 0.15) is 0 Å². The second-order valence-corrected chi connectivity index (χ2v) is 5.61. The molecule has 1 amide bonds. The van der Waals surface area contributed by atoms with Gasteiger partial charge < -0.3 is 9.64 Å². The Morgan fingerprint density at radius 3 is 2.95 bits per heavy atom. The number of benzene rings is 1. The van der Waals surface area contributed by atoms with Gasteiger partial charge >= 0.3 is 0 Å². The third kappa shape index (κ3) is 3.71. The van der Waals surface area contributed by atoms with Crippen LogP contribution in [0.5, 0.6) is 0 Å². The zero-order valence-corrected chi connectivity index (χ0v) is 12.2. The molecule has 0 unspecified atom stereocenters. The number of rotatable bonds is 5. The van der Waals surface area contributed by atoms with Crippen LogP contribution in [0, 0.1) is 12.8 Å². The van der Waals surface area contributed by atoms with Crippen molar-refractivity contribution in [2.24, 2.45) is 5.92 Å². The number of nitrogens with zero attached hydrogens (tertiary/aromatic N) is 1. The summed E-state index contributed by atoms with van der Waals surface area (Å²) in [6, 6.07) is 5.97. The average molecular weight is 282 g/mol. The van der Waals surface area contributed by atoms with Gasteiger partial charge in [-0.05, 0) is 42.5 Å². The molecule has 0 spiro atoms. The van der Waals surface area contributed by atoms with Gasteiger partial charge in [-0.25, -0.2) is 0 Å². The minimum Gasteiger partial charge on any atom is -0.383 e. The lowest BCUT2D eigenvalue weighted by Gasteiger charge is -2.16. The van der Waals surface area contributed by atoms with E-state index >= 15 is 0 Å². The minimum absolute atomic E-state index is 0.244.